The van der Waals surface area contributed by atoms with Gasteiger partial charge in [-0.25, -0.2) is 4.79 Å². The van der Waals surface area contributed by atoms with E-state index in [9.17, 15) is 4.79 Å². The van der Waals surface area contributed by atoms with Crippen molar-refractivity contribution >= 4 is 27.6 Å². The summed E-state index contributed by atoms with van der Waals surface area (Å²) >= 11 is 3.28. The van der Waals surface area contributed by atoms with Crippen molar-refractivity contribution in [2.24, 2.45) is 0 Å². The predicted molar refractivity (Wildman–Crippen MR) is 76.6 cm³/mol. The van der Waals surface area contributed by atoms with Gasteiger partial charge in [-0.3, -0.25) is 4.98 Å². The lowest BCUT2D eigenvalue weighted by Gasteiger charge is -2.07. The fourth-order valence-electron chi connectivity index (χ4n) is 1.60. The highest BCUT2D eigenvalue weighted by Gasteiger charge is 2.13. The first kappa shape index (κ1) is 13.5. The third kappa shape index (κ3) is 3.32. The first-order chi connectivity index (χ1) is 9.08. The van der Waals surface area contributed by atoms with Crippen molar-refractivity contribution in [1.29, 1.82) is 0 Å². The van der Waals surface area contributed by atoms with Crippen LogP contribution in [0.1, 0.15) is 21.7 Å². The molecular formula is C14H13BrN2O2. The smallest absolute Gasteiger partial charge is 0.339 e. The number of aromatic nitrogens is 1. The number of anilines is 1. The van der Waals surface area contributed by atoms with Gasteiger partial charge in [0.1, 0.15) is 6.61 Å². The molecule has 0 aliphatic rings. The highest BCUT2D eigenvalue weighted by molar-refractivity contribution is 9.10. The largest absolute Gasteiger partial charge is 0.456 e. The normalized spacial score (nSPS) is 10.2. The zero-order chi connectivity index (χ0) is 13.8. The Morgan fingerprint density at radius 3 is 2.79 bits per heavy atom. The number of nitrogens with zero attached hydrogens (tertiary/aromatic N) is 1. The van der Waals surface area contributed by atoms with Crippen LogP contribution in [0, 0.1) is 6.92 Å². The molecule has 0 unspecified atom stereocenters. The molecule has 0 aliphatic heterocycles. The Hall–Kier alpha value is -1.88. The number of carbonyl (C=O) groups is 1. The van der Waals surface area contributed by atoms with Crippen LogP contribution in [-0.2, 0) is 11.3 Å². The number of carbonyl (C=O) groups excluding carboxylic acids is 1. The summed E-state index contributed by atoms with van der Waals surface area (Å²) in [5.74, 6) is -0.428. The van der Waals surface area contributed by atoms with Gasteiger partial charge in [-0.2, -0.15) is 0 Å². The summed E-state index contributed by atoms with van der Waals surface area (Å²) in [7, 11) is 0. The molecule has 0 fully saturated rings. The van der Waals surface area contributed by atoms with Crippen LogP contribution in [0.5, 0.6) is 0 Å². The van der Waals surface area contributed by atoms with Gasteiger partial charge >= 0.3 is 5.97 Å². The van der Waals surface area contributed by atoms with E-state index in [-0.39, 0.29) is 6.61 Å². The molecule has 0 amide bonds. The van der Waals surface area contributed by atoms with Gasteiger partial charge in [-0.05, 0) is 47.1 Å². The number of aryl methyl sites for hydroxylation is 1. The van der Waals surface area contributed by atoms with E-state index in [1.54, 1.807) is 18.2 Å². The minimum atomic E-state index is -0.428. The molecule has 0 saturated heterocycles. The first-order valence-electron chi connectivity index (χ1n) is 5.71. The second-order valence-corrected chi connectivity index (χ2v) is 4.85. The minimum absolute atomic E-state index is 0.141. The van der Waals surface area contributed by atoms with Crippen LogP contribution in [0.25, 0.3) is 0 Å². The summed E-state index contributed by atoms with van der Waals surface area (Å²) in [4.78, 5) is 16.2. The number of hydrogen-bond donors (Lipinski definition) is 1. The Morgan fingerprint density at radius 1 is 1.32 bits per heavy atom. The van der Waals surface area contributed by atoms with Crippen LogP contribution in [0.15, 0.2) is 40.9 Å². The standard InChI is InChI=1S/C14H13BrN2O2/c1-9-4-2-5-10(17-9)8-19-14(18)11-6-3-7-12(16)13(11)15/h2-7H,8,16H2,1H3. The van der Waals surface area contributed by atoms with Gasteiger partial charge in [0.25, 0.3) is 0 Å². The molecule has 98 valence electrons. The minimum Gasteiger partial charge on any atom is -0.456 e. The summed E-state index contributed by atoms with van der Waals surface area (Å²) in [5, 5.41) is 0. The fourth-order valence-corrected chi connectivity index (χ4v) is 2.03. The van der Waals surface area contributed by atoms with Gasteiger partial charge in [-0.1, -0.05) is 12.1 Å². The van der Waals surface area contributed by atoms with Crippen molar-refractivity contribution < 1.29 is 9.53 Å². The first-order valence-corrected chi connectivity index (χ1v) is 6.51. The lowest BCUT2D eigenvalue weighted by Crippen LogP contribution is -2.08. The Balaban J connectivity index is 2.08. The third-order valence-electron chi connectivity index (χ3n) is 2.55. The predicted octanol–water partition coefficient (Wildman–Crippen LogP) is 3.09. The summed E-state index contributed by atoms with van der Waals surface area (Å²) in [6, 6.07) is 10.7. The van der Waals surface area contributed by atoms with Crippen LogP contribution < -0.4 is 5.73 Å². The van der Waals surface area contributed by atoms with Crippen molar-refractivity contribution in [1.82, 2.24) is 4.98 Å². The van der Waals surface area contributed by atoms with Crippen molar-refractivity contribution in [3.05, 3.63) is 57.8 Å². The highest BCUT2D eigenvalue weighted by Crippen LogP contribution is 2.24. The Labute approximate surface area is 119 Å². The fraction of sp³-hybridized carbons (Fsp3) is 0.143. The summed E-state index contributed by atoms with van der Waals surface area (Å²) < 4.78 is 5.77. The van der Waals surface area contributed by atoms with Crippen LogP contribution in [0.3, 0.4) is 0 Å². The van der Waals surface area contributed by atoms with Crippen molar-refractivity contribution in [2.75, 3.05) is 5.73 Å². The topological polar surface area (TPSA) is 65.2 Å². The number of rotatable bonds is 3. The number of esters is 1. The highest BCUT2D eigenvalue weighted by atomic mass is 79.9. The Kier molecular flexibility index (Phi) is 4.16. The Bertz CT molecular complexity index is 614. The van der Waals surface area contributed by atoms with E-state index in [2.05, 4.69) is 20.9 Å². The molecule has 0 spiro atoms. The van der Waals surface area contributed by atoms with Crippen molar-refractivity contribution in [3.8, 4) is 0 Å². The molecule has 0 bridgehead atoms. The molecule has 19 heavy (non-hydrogen) atoms. The maximum atomic E-state index is 11.9. The molecule has 2 N–H and O–H groups in total. The lowest BCUT2D eigenvalue weighted by atomic mass is 10.2. The second kappa shape index (κ2) is 5.84. The molecule has 0 saturated carbocycles. The number of nitrogen functional groups attached to an aromatic ring is 1. The van der Waals surface area contributed by atoms with Crippen LogP contribution in [0.4, 0.5) is 5.69 Å². The van der Waals surface area contributed by atoms with Crippen LogP contribution in [-0.4, -0.2) is 11.0 Å². The van der Waals surface area contributed by atoms with Gasteiger partial charge in [0.2, 0.25) is 0 Å². The monoisotopic (exact) mass is 320 g/mol. The number of nitrogens with two attached hydrogens (primary N) is 1. The molecule has 0 atom stereocenters. The van der Waals surface area contributed by atoms with Gasteiger partial charge in [0.15, 0.2) is 0 Å². The average molecular weight is 321 g/mol. The van der Waals surface area contributed by atoms with E-state index in [1.165, 1.54) is 0 Å². The van der Waals surface area contributed by atoms with Crippen molar-refractivity contribution in [3.63, 3.8) is 0 Å². The van der Waals surface area contributed by atoms with E-state index in [0.29, 0.717) is 21.4 Å². The molecule has 4 nitrogen and oxygen atoms in total. The molecule has 2 aromatic rings. The molecule has 2 rings (SSSR count). The van der Waals surface area contributed by atoms with E-state index in [0.717, 1.165) is 5.69 Å². The molecule has 0 aliphatic carbocycles. The van der Waals surface area contributed by atoms with Gasteiger partial charge < -0.3 is 10.5 Å². The van der Waals surface area contributed by atoms with E-state index in [1.807, 2.05) is 25.1 Å². The number of halogens is 1. The summed E-state index contributed by atoms with van der Waals surface area (Å²) in [6.07, 6.45) is 0. The van der Waals surface area contributed by atoms with E-state index >= 15 is 0 Å². The van der Waals surface area contributed by atoms with E-state index in [4.69, 9.17) is 10.5 Å². The van der Waals surface area contributed by atoms with Crippen molar-refractivity contribution in [2.45, 2.75) is 13.5 Å². The van der Waals surface area contributed by atoms with Gasteiger partial charge in [-0.15, -0.1) is 0 Å². The summed E-state index contributed by atoms with van der Waals surface area (Å²) in [5.41, 5.74) is 8.24. The molecule has 1 aromatic heterocycles. The quantitative estimate of drug-likeness (QED) is 0.697. The Morgan fingerprint density at radius 2 is 2.05 bits per heavy atom. The molecule has 1 heterocycles. The maximum Gasteiger partial charge on any atom is 0.339 e. The molecular weight excluding hydrogens is 308 g/mol. The number of hydrogen-bond acceptors (Lipinski definition) is 4. The second-order valence-electron chi connectivity index (χ2n) is 4.06. The van der Waals surface area contributed by atoms with Crippen LogP contribution in [0.2, 0.25) is 0 Å². The number of ether oxygens (including phenoxy) is 1. The lowest BCUT2D eigenvalue weighted by molar-refractivity contribution is 0.0466. The number of benzene rings is 1. The molecule has 5 heteroatoms. The zero-order valence-corrected chi connectivity index (χ0v) is 12.0. The van der Waals surface area contributed by atoms with E-state index < -0.39 is 5.97 Å². The SMILES string of the molecule is Cc1cccc(COC(=O)c2cccc(N)c2Br)n1. The maximum absolute atomic E-state index is 11.9. The van der Waals surface area contributed by atoms with Crippen LogP contribution >= 0.6 is 15.9 Å². The third-order valence-corrected chi connectivity index (χ3v) is 3.43. The van der Waals surface area contributed by atoms with Gasteiger partial charge in [0.05, 0.1) is 15.7 Å². The molecule has 1 aromatic carbocycles. The average Bonchev–Trinajstić information content (AvgIpc) is 2.39. The number of pyridine rings is 1. The summed E-state index contributed by atoms with van der Waals surface area (Å²) in [6.45, 7) is 2.03. The van der Waals surface area contributed by atoms with Gasteiger partial charge in [0, 0.05) is 11.4 Å². The zero-order valence-electron chi connectivity index (χ0n) is 10.4. The molecule has 0 radical (unpaired) electrons.